The lowest BCUT2D eigenvalue weighted by Crippen LogP contribution is -2.50. The number of nitrogens with one attached hydrogen (secondary N) is 1. The highest BCUT2D eigenvalue weighted by Gasteiger charge is 2.32. The molecule has 0 radical (unpaired) electrons. The molecule has 162 valence electrons. The Labute approximate surface area is 182 Å². The quantitative estimate of drug-likeness (QED) is 0.459. The smallest absolute Gasteiger partial charge is 0.274 e. The van der Waals surface area contributed by atoms with Crippen molar-refractivity contribution in [2.75, 3.05) is 26.2 Å². The second-order valence-electron chi connectivity index (χ2n) is 7.03. The molecule has 0 spiro atoms. The minimum atomic E-state index is -3.89. The van der Waals surface area contributed by atoms with Gasteiger partial charge in [-0.3, -0.25) is 20.0 Å². The summed E-state index contributed by atoms with van der Waals surface area (Å²) in [6.45, 7) is 2.59. The summed E-state index contributed by atoms with van der Waals surface area (Å²) < 4.78 is 26.9. The Balaban J connectivity index is 1.44. The van der Waals surface area contributed by atoms with Gasteiger partial charge in [0.1, 0.15) is 0 Å². The van der Waals surface area contributed by atoms with Crippen LogP contribution in [0.15, 0.2) is 47.4 Å². The zero-order chi connectivity index (χ0) is 22.2. The Kier molecular flexibility index (Phi) is 5.60. The number of non-ortho nitro benzene ring substituents is 1. The summed E-state index contributed by atoms with van der Waals surface area (Å²) in [6.07, 6.45) is 0. The number of carbonyl (C=O) groups is 1. The van der Waals surface area contributed by atoms with Gasteiger partial charge in [-0.15, -0.1) is 11.3 Å². The summed E-state index contributed by atoms with van der Waals surface area (Å²) in [5.74, 6) is -0.275. The van der Waals surface area contributed by atoms with E-state index in [0.29, 0.717) is 0 Å². The number of rotatable bonds is 5. The number of thiophene rings is 1. The Morgan fingerprint density at radius 3 is 2.55 bits per heavy atom. The molecular formula is C19H19N5O5S2. The van der Waals surface area contributed by atoms with E-state index in [1.807, 2.05) is 19.1 Å². The van der Waals surface area contributed by atoms with Gasteiger partial charge < -0.3 is 4.90 Å². The predicted molar refractivity (Wildman–Crippen MR) is 114 cm³/mol. The average molecular weight is 462 g/mol. The first-order chi connectivity index (χ1) is 14.8. The molecule has 12 heteroatoms. The van der Waals surface area contributed by atoms with Gasteiger partial charge in [-0.1, -0.05) is 6.07 Å². The van der Waals surface area contributed by atoms with Crippen LogP contribution in [0.2, 0.25) is 0 Å². The molecule has 0 unspecified atom stereocenters. The maximum atomic E-state index is 12.9. The van der Waals surface area contributed by atoms with Crippen molar-refractivity contribution in [2.24, 2.45) is 0 Å². The van der Waals surface area contributed by atoms with Gasteiger partial charge in [-0.05, 0) is 31.2 Å². The largest absolute Gasteiger partial charge is 0.335 e. The number of hydrogen-bond acceptors (Lipinski definition) is 7. The fraction of sp³-hybridized carbons (Fsp3) is 0.263. The molecule has 1 N–H and O–H groups in total. The number of aromatic nitrogens is 2. The van der Waals surface area contributed by atoms with E-state index in [1.165, 1.54) is 22.5 Å². The lowest BCUT2D eigenvalue weighted by molar-refractivity contribution is -0.385. The molecule has 0 saturated carbocycles. The number of piperazine rings is 1. The molecule has 1 saturated heterocycles. The van der Waals surface area contributed by atoms with E-state index in [4.69, 9.17) is 0 Å². The number of sulfonamides is 1. The van der Waals surface area contributed by atoms with Gasteiger partial charge >= 0.3 is 0 Å². The summed E-state index contributed by atoms with van der Waals surface area (Å²) in [5.41, 5.74) is 0.745. The number of amides is 1. The summed E-state index contributed by atoms with van der Waals surface area (Å²) in [5, 5.41) is 17.9. The number of H-pyrrole nitrogens is 1. The van der Waals surface area contributed by atoms with Gasteiger partial charge in [-0.2, -0.15) is 9.40 Å². The Morgan fingerprint density at radius 2 is 1.90 bits per heavy atom. The molecule has 2 aromatic heterocycles. The Hall–Kier alpha value is -3.09. The molecule has 0 bridgehead atoms. The lowest BCUT2D eigenvalue weighted by atomic mass is 10.2. The van der Waals surface area contributed by atoms with Crippen LogP contribution < -0.4 is 0 Å². The first kappa shape index (κ1) is 21.2. The minimum absolute atomic E-state index is 0.0954. The number of nitro benzene ring substituents is 1. The number of nitro groups is 1. The van der Waals surface area contributed by atoms with E-state index in [9.17, 15) is 23.3 Å². The van der Waals surface area contributed by atoms with E-state index < -0.39 is 14.9 Å². The van der Waals surface area contributed by atoms with Crippen LogP contribution in [0.3, 0.4) is 0 Å². The predicted octanol–water partition coefficient (Wildman–Crippen LogP) is 2.50. The molecule has 4 rings (SSSR count). The monoisotopic (exact) mass is 461 g/mol. The SMILES string of the molecule is Cc1ccc(-c2cc(C(=O)N3CCN(S(=O)(=O)c4cccc([N+](=O)[O-])c4)CC3)n[nH]2)s1. The standard InChI is InChI=1S/C19H19N5O5S2/c1-13-5-6-18(30-13)16-12-17(21-20-16)19(25)22-7-9-23(10-8-22)31(28,29)15-4-2-3-14(11-15)24(26)27/h2-6,11-12H,7-10H2,1H3,(H,20,21). The molecular weight excluding hydrogens is 442 g/mol. The first-order valence-corrected chi connectivity index (χ1v) is 11.7. The molecule has 1 aliphatic heterocycles. The number of nitrogens with zero attached hydrogens (tertiary/aromatic N) is 4. The Bertz CT molecular complexity index is 1240. The highest BCUT2D eigenvalue weighted by molar-refractivity contribution is 7.89. The lowest BCUT2D eigenvalue weighted by Gasteiger charge is -2.33. The van der Waals surface area contributed by atoms with Crippen LogP contribution >= 0.6 is 11.3 Å². The van der Waals surface area contributed by atoms with E-state index >= 15 is 0 Å². The van der Waals surface area contributed by atoms with Crippen LogP contribution in [0.5, 0.6) is 0 Å². The molecule has 31 heavy (non-hydrogen) atoms. The second-order valence-corrected chi connectivity index (χ2v) is 10.3. The first-order valence-electron chi connectivity index (χ1n) is 9.42. The number of carbonyl (C=O) groups excluding carboxylic acids is 1. The van der Waals surface area contributed by atoms with Crippen molar-refractivity contribution in [3.05, 3.63) is 63.1 Å². The molecule has 1 fully saturated rings. The maximum absolute atomic E-state index is 12.9. The van der Waals surface area contributed by atoms with Crippen molar-refractivity contribution in [1.82, 2.24) is 19.4 Å². The summed E-state index contributed by atoms with van der Waals surface area (Å²) >= 11 is 1.59. The van der Waals surface area contributed by atoms with Gasteiger partial charge in [0.05, 0.1) is 20.4 Å². The molecule has 1 amide bonds. The van der Waals surface area contributed by atoms with Crippen LogP contribution in [0.25, 0.3) is 10.6 Å². The van der Waals surface area contributed by atoms with Crippen molar-refractivity contribution in [3.63, 3.8) is 0 Å². The maximum Gasteiger partial charge on any atom is 0.274 e. The van der Waals surface area contributed by atoms with Gasteiger partial charge in [0.2, 0.25) is 10.0 Å². The Morgan fingerprint density at radius 1 is 1.16 bits per heavy atom. The van der Waals surface area contributed by atoms with Crippen molar-refractivity contribution in [1.29, 1.82) is 0 Å². The highest BCUT2D eigenvalue weighted by Crippen LogP contribution is 2.27. The van der Waals surface area contributed by atoms with E-state index in [0.717, 1.165) is 21.5 Å². The van der Waals surface area contributed by atoms with Gasteiger partial charge in [0, 0.05) is 43.2 Å². The zero-order valence-electron chi connectivity index (χ0n) is 16.5. The number of aromatic amines is 1. The third-order valence-electron chi connectivity index (χ3n) is 4.99. The number of hydrogen-bond donors (Lipinski definition) is 1. The van der Waals surface area contributed by atoms with Crippen molar-refractivity contribution in [3.8, 4) is 10.6 Å². The van der Waals surface area contributed by atoms with Crippen LogP contribution in [0, 0.1) is 17.0 Å². The molecule has 3 aromatic rings. The van der Waals surface area contributed by atoms with Crippen LogP contribution in [0.1, 0.15) is 15.4 Å². The van der Waals surface area contributed by atoms with E-state index in [-0.39, 0.29) is 48.4 Å². The van der Waals surface area contributed by atoms with E-state index in [1.54, 1.807) is 22.3 Å². The van der Waals surface area contributed by atoms with Crippen molar-refractivity contribution < 1.29 is 18.1 Å². The fourth-order valence-electron chi connectivity index (χ4n) is 3.34. The minimum Gasteiger partial charge on any atom is -0.335 e. The number of aryl methyl sites for hydroxylation is 1. The van der Waals surface area contributed by atoms with Crippen molar-refractivity contribution >= 4 is 33.0 Å². The summed E-state index contributed by atoms with van der Waals surface area (Å²) in [7, 11) is -3.89. The van der Waals surface area contributed by atoms with Gasteiger partial charge in [0.15, 0.2) is 5.69 Å². The van der Waals surface area contributed by atoms with Crippen molar-refractivity contribution in [2.45, 2.75) is 11.8 Å². The molecule has 0 atom stereocenters. The van der Waals surface area contributed by atoms with Crippen LogP contribution in [-0.2, 0) is 10.0 Å². The number of benzene rings is 1. The third kappa shape index (κ3) is 4.22. The fourth-order valence-corrected chi connectivity index (χ4v) is 5.63. The van der Waals surface area contributed by atoms with Crippen LogP contribution in [-0.4, -0.2) is 64.8 Å². The normalized spacial score (nSPS) is 15.2. The molecule has 1 aromatic carbocycles. The third-order valence-corrected chi connectivity index (χ3v) is 7.92. The second kappa shape index (κ2) is 8.21. The average Bonchev–Trinajstić information content (AvgIpc) is 3.42. The van der Waals surface area contributed by atoms with Crippen LogP contribution in [0.4, 0.5) is 5.69 Å². The molecule has 0 aliphatic carbocycles. The van der Waals surface area contributed by atoms with Gasteiger partial charge in [0.25, 0.3) is 11.6 Å². The molecule has 10 nitrogen and oxygen atoms in total. The highest BCUT2D eigenvalue weighted by atomic mass is 32.2. The summed E-state index contributed by atoms with van der Waals surface area (Å²) in [4.78, 5) is 26.7. The zero-order valence-corrected chi connectivity index (χ0v) is 18.1. The molecule has 1 aliphatic rings. The molecule has 3 heterocycles. The van der Waals surface area contributed by atoms with E-state index in [2.05, 4.69) is 10.2 Å². The summed E-state index contributed by atoms with van der Waals surface area (Å²) in [6, 6.07) is 10.6. The van der Waals surface area contributed by atoms with Gasteiger partial charge in [-0.25, -0.2) is 8.42 Å². The topological polar surface area (TPSA) is 130 Å².